The molecule has 57 heavy (non-hydrogen) atoms. The predicted octanol–water partition coefficient (Wildman–Crippen LogP) is 9.89. The van der Waals surface area contributed by atoms with Crippen molar-refractivity contribution in [3.8, 4) is 0 Å². The minimum atomic E-state index is -1.60. The average Bonchev–Trinajstić information content (AvgIpc) is 3.21. The number of unbranched alkanes of at least 4 members (excludes halogenated alkanes) is 21. The zero-order chi connectivity index (χ0) is 41.6. The summed E-state index contributed by atoms with van der Waals surface area (Å²) in [4.78, 5) is 25.3. The third-order valence-electron chi connectivity index (χ3n) is 10.5. The monoisotopic (exact) mass is 809 g/mol. The van der Waals surface area contributed by atoms with Crippen molar-refractivity contribution in [2.45, 2.75) is 230 Å². The minimum absolute atomic E-state index is 0.223. The summed E-state index contributed by atoms with van der Waals surface area (Å²) in [6, 6.07) is 0. The number of ether oxygens (including phenoxy) is 4. The second kappa shape index (κ2) is 38.1. The Morgan fingerprint density at radius 2 is 0.982 bits per heavy atom. The van der Waals surface area contributed by atoms with Crippen LogP contribution in [-0.2, 0) is 28.5 Å². The van der Waals surface area contributed by atoms with Crippen LogP contribution in [-0.4, -0.2) is 89.0 Å². The van der Waals surface area contributed by atoms with Crippen LogP contribution in [0.1, 0.15) is 194 Å². The van der Waals surface area contributed by atoms with Crippen molar-refractivity contribution in [3.05, 3.63) is 36.5 Å². The van der Waals surface area contributed by atoms with Gasteiger partial charge in [0.15, 0.2) is 12.4 Å². The van der Waals surface area contributed by atoms with Crippen LogP contribution in [0.25, 0.3) is 0 Å². The zero-order valence-electron chi connectivity index (χ0n) is 36.1. The van der Waals surface area contributed by atoms with Gasteiger partial charge in [-0.05, 0) is 70.6 Å². The fourth-order valence-corrected chi connectivity index (χ4v) is 6.80. The first kappa shape index (κ1) is 52.9. The highest BCUT2D eigenvalue weighted by atomic mass is 16.7. The Morgan fingerprint density at radius 1 is 0.544 bits per heavy atom. The van der Waals surface area contributed by atoms with E-state index in [4.69, 9.17) is 18.9 Å². The number of aliphatic hydroxyl groups excluding tert-OH is 4. The lowest BCUT2D eigenvalue weighted by molar-refractivity contribution is -0.305. The largest absolute Gasteiger partial charge is 0.462 e. The maximum atomic E-state index is 12.8. The molecule has 6 atom stereocenters. The number of hydrogen-bond donors (Lipinski definition) is 4. The molecule has 0 spiro atoms. The molecule has 0 saturated carbocycles. The molecule has 0 radical (unpaired) electrons. The van der Waals surface area contributed by atoms with Crippen LogP contribution in [0.3, 0.4) is 0 Å². The third kappa shape index (κ3) is 29.7. The van der Waals surface area contributed by atoms with E-state index in [0.717, 1.165) is 64.2 Å². The van der Waals surface area contributed by atoms with Gasteiger partial charge in [-0.15, -0.1) is 0 Å². The summed E-state index contributed by atoms with van der Waals surface area (Å²) < 4.78 is 22.2. The molecule has 332 valence electrons. The molecule has 0 aliphatic carbocycles. The number of hydrogen-bond acceptors (Lipinski definition) is 10. The van der Waals surface area contributed by atoms with Crippen LogP contribution in [0.4, 0.5) is 0 Å². The van der Waals surface area contributed by atoms with Crippen LogP contribution in [0.15, 0.2) is 36.5 Å². The topological polar surface area (TPSA) is 152 Å². The molecule has 0 aromatic carbocycles. The Balaban J connectivity index is 2.31. The average molecular weight is 809 g/mol. The van der Waals surface area contributed by atoms with Crippen molar-refractivity contribution in [2.24, 2.45) is 0 Å². The standard InChI is InChI=1S/C47H84O10/c1-3-5-7-9-11-13-15-17-18-19-20-21-22-24-26-28-30-32-34-36-43(50)56-40(39-55-47-46(53)45(52)44(51)41(37-48)57-47)38-54-42(49)35-33-31-29-27-25-23-16-14-12-10-8-6-4-2/h11,13-14,16-18,40-41,44-48,51-53H,3-10,12,15,19-39H2,1-2H3/b13-11+,16-14+,18-17+/t40-,41-,44+,45?,46?,47-/m1/s1. The normalized spacial score (nSPS) is 20.6. The van der Waals surface area contributed by atoms with Crippen LogP contribution in [0.5, 0.6) is 0 Å². The number of carbonyl (C=O) groups is 2. The predicted molar refractivity (Wildman–Crippen MR) is 229 cm³/mol. The van der Waals surface area contributed by atoms with Crippen LogP contribution >= 0.6 is 0 Å². The smallest absolute Gasteiger partial charge is 0.306 e. The minimum Gasteiger partial charge on any atom is -0.462 e. The zero-order valence-corrected chi connectivity index (χ0v) is 36.1. The van der Waals surface area contributed by atoms with Crippen molar-refractivity contribution in [1.29, 1.82) is 0 Å². The SMILES string of the molecule is CCCCC/C=C/C/C=C/CCCCCCCCCCCC(=O)O[C@H](COC(=O)CCCCCCC/C=C/CCCCCC)CO[C@@H]1O[C@H](CO)[C@H](O)C(O)C1O. The van der Waals surface area contributed by atoms with Crippen molar-refractivity contribution in [3.63, 3.8) is 0 Å². The molecular weight excluding hydrogens is 725 g/mol. The third-order valence-corrected chi connectivity index (χ3v) is 10.5. The van der Waals surface area contributed by atoms with Crippen molar-refractivity contribution >= 4 is 11.9 Å². The second-order valence-corrected chi connectivity index (χ2v) is 15.8. The molecule has 10 nitrogen and oxygen atoms in total. The van der Waals surface area contributed by atoms with Gasteiger partial charge in [-0.2, -0.15) is 0 Å². The molecule has 1 heterocycles. The van der Waals surface area contributed by atoms with Crippen molar-refractivity contribution in [2.75, 3.05) is 19.8 Å². The van der Waals surface area contributed by atoms with Gasteiger partial charge in [0, 0.05) is 12.8 Å². The molecule has 1 rings (SSSR count). The number of carbonyl (C=O) groups excluding carboxylic acids is 2. The molecule has 1 aliphatic heterocycles. The van der Waals surface area contributed by atoms with E-state index in [0.29, 0.717) is 12.8 Å². The lowest BCUT2D eigenvalue weighted by Gasteiger charge is -2.39. The first-order valence-corrected chi connectivity index (χ1v) is 23.1. The molecule has 4 N–H and O–H groups in total. The van der Waals surface area contributed by atoms with Gasteiger partial charge in [-0.1, -0.05) is 147 Å². The molecule has 2 unspecified atom stereocenters. The van der Waals surface area contributed by atoms with E-state index in [1.54, 1.807) is 0 Å². The summed E-state index contributed by atoms with van der Waals surface area (Å²) in [6.45, 7) is 3.37. The van der Waals surface area contributed by atoms with Gasteiger partial charge in [0.25, 0.3) is 0 Å². The summed E-state index contributed by atoms with van der Waals surface area (Å²) in [7, 11) is 0. The lowest BCUT2D eigenvalue weighted by atomic mass is 9.99. The maximum Gasteiger partial charge on any atom is 0.306 e. The highest BCUT2D eigenvalue weighted by Gasteiger charge is 2.44. The van der Waals surface area contributed by atoms with E-state index in [1.807, 2.05) is 0 Å². The Morgan fingerprint density at radius 3 is 1.51 bits per heavy atom. The van der Waals surface area contributed by atoms with E-state index in [1.165, 1.54) is 89.9 Å². The molecular formula is C47H84O10. The van der Waals surface area contributed by atoms with E-state index in [2.05, 4.69) is 50.3 Å². The fraction of sp³-hybridized carbons (Fsp3) is 0.830. The number of aliphatic hydroxyl groups is 4. The summed E-state index contributed by atoms with van der Waals surface area (Å²) in [6.07, 6.45) is 35.7. The van der Waals surface area contributed by atoms with Gasteiger partial charge in [0.05, 0.1) is 13.2 Å². The number of esters is 2. The summed E-state index contributed by atoms with van der Waals surface area (Å²) >= 11 is 0. The van der Waals surface area contributed by atoms with E-state index in [9.17, 15) is 30.0 Å². The number of rotatable bonds is 38. The van der Waals surface area contributed by atoms with Gasteiger partial charge >= 0.3 is 11.9 Å². The maximum absolute atomic E-state index is 12.8. The summed E-state index contributed by atoms with van der Waals surface area (Å²) in [5.74, 6) is -0.819. The molecule has 0 bridgehead atoms. The van der Waals surface area contributed by atoms with Gasteiger partial charge in [0.2, 0.25) is 0 Å². The Hall–Kier alpha value is -2.08. The summed E-state index contributed by atoms with van der Waals surface area (Å²) in [5, 5.41) is 40.1. The molecule has 10 heteroatoms. The Labute approximate surface area is 346 Å². The van der Waals surface area contributed by atoms with Crippen LogP contribution < -0.4 is 0 Å². The first-order chi connectivity index (χ1) is 27.8. The quantitative estimate of drug-likeness (QED) is 0.0270. The highest BCUT2D eigenvalue weighted by molar-refractivity contribution is 5.70. The highest BCUT2D eigenvalue weighted by Crippen LogP contribution is 2.22. The lowest BCUT2D eigenvalue weighted by Crippen LogP contribution is -2.59. The molecule has 1 aliphatic rings. The molecule has 0 aromatic heterocycles. The number of allylic oxidation sites excluding steroid dienone is 6. The van der Waals surface area contributed by atoms with E-state index >= 15 is 0 Å². The van der Waals surface area contributed by atoms with Crippen LogP contribution in [0, 0.1) is 0 Å². The van der Waals surface area contributed by atoms with Gasteiger partial charge < -0.3 is 39.4 Å². The molecule has 1 fully saturated rings. The van der Waals surface area contributed by atoms with Crippen molar-refractivity contribution < 1.29 is 49.0 Å². The van der Waals surface area contributed by atoms with Gasteiger partial charge in [0.1, 0.15) is 31.0 Å². The summed E-state index contributed by atoms with van der Waals surface area (Å²) in [5.41, 5.74) is 0. The van der Waals surface area contributed by atoms with Crippen molar-refractivity contribution in [1.82, 2.24) is 0 Å². The van der Waals surface area contributed by atoms with Gasteiger partial charge in [-0.25, -0.2) is 0 Å². The van der Waals surface area contributed by atoms with Crippen LogP contribution in [0.2, 0.25) is 0 Å². The Kier molecular flexibility index (Phi) is 35.4. The second-order valence-electron chi connectivity index (χ2n) is 15.8. The van der Waals surface area contributed by atoms with E-state index < -0.39 is 49.4 Å². The molecule has 0 amide bonds. The molecule has 0 aromatic rings. The Bertz CT molecular complexity index is 1030. The van der Waals surface area contributed by atoms with Gasteiger partial charge in [-0.3, -0.25) is 9.59 Å². The molecule has 1 saturated heterocycles. The van der Waals surface area contributed by atoms with E-state index in [-0.39, 0.29) is 32.0 Å². The fourth-order valence-electron chi connectivity index (χ4n) is 6.80. The first-order valence-electron chi connectivity index (χ1n) is 23.1.